The molecule has 0 bridgehead atoms. The Bertz CT molecular complexity index is 8760. The van der Waals surface area contributed by atoms with Gasteiger partial charge in [0.25, 0.3) is 0 Å². The summed E-state index contributed by atoms with van der Waals surface area (Å²) in [5.41, 5.74) is 39.0. The fourth-order valence-electron chi connectivity index (χ4n) is 26.2. The molecule has 8 heterocycles. The largest absolute Gasteiger partial charge is 0.464 e. The Morgan fingerprint density at radius 1 is 0.331 bits per heavy atom. The molecular formula is C137H147N6OS+5. The van der Waals surface area contributed by atoms with Gasteiger partial charge in [0.05, 0.1) is 69.2 Å². The van der Waals surface area contributed by atoms with Crippen LogP contribution in [-0.2, 0) is 40.7 Å². The van der Waals surface area contributed by atoms with Crippen LogP contribution in [0.25, 0.3) is 164 Å². The Morgan fingerprint density at radius 3 is 1.21 bits per heavy atom. The lowest BCUT2D eigenvalue weighted by atomic mass is 9.81. The SMILES string of the molecule is [2H]c1c(C)[n+](C)c(-c2cc3c(cc2C)-c2ccccc2C3(C)C)c2ccc(C3CCCC3)cc12.[2H]c1c(C)[n+](C)c(-c2cc3c(cc2C)c2ccccc2n3C(C)C)c2ccc(C3CCCC3)cc12.[2H]c1c(C)[n+](C)c(-c2cc3occc3cc2C)c2ccc(C3CCCC3)cc12.[2H]c1c(C)[n+](C)c(-c2cc3sccc3cc2C)c2ccc(C3CCCC3)cc12.[2H]c1cc(C)c(C)c(-c2c3ccc(C4CCCC4)cc3c([2H])c([2H])[n+]2C)c1. The Balaban J connectivity index is 0.000000107. The second-order valence-electron chi connectivity index (χ2n) is 44.5. The molecule has 12 aromatic carbocycles. The van der Waals surface area contributed by atoms with Gasteiger partial charge in [0.1, 0.15) is 42.2 Å². The predicted molar refractivity (Wildman–Crippen MR) is 612 cm³/mol. The van der Waals surface area contributed by atoms with E-state index in [0.717, 1.165) is 99.5 Å². The summed E-state index contributed by atoms with van der Waals surface area (Å²) in [7, 11) is 10.3. The van der Waals surface area contributed by atoms with Crippen molar-refractivity contribution < 1.29 is 36.8 Å². The lowest BCUT2D eigenvalue weighted by molar-refractivity contribution is -0.665. The van der Waals surface area contributed by atoms with E-state index in [9.17, 15) is 0 Å². The van der Waals surface area contributed by atoms with Gasteiger partial charge in [-0.25, -0.2) is 4.57 Å². The highest BCUT2D eigenvalue weighted by atomic mass is 32.1. The number of benzene rings is 12. The third-order valence-corrected chi connectivity index (χ3v) is 35.7. The summed E-state index contributed by atoms with van der Waals surface area (Å²) in [4.78, 5) is 0. The van der Waals surface area contributed by atoms with E-state index < -0.39 is 0 Å². The minimum Gasteiger partial charge on any atom is -0.464 e. The molecule has 0 amide bonds. The predicted octanol–water partition coefficient (Wildman–Crippen LogP) is 35.0. The molecule has 145 heavy (non-hydrogen) atoms. The molecule has 0 atom stereocenters. The molecule has 8 heteroatoms. The number of hydrogen-bond acceptors (Lipinski definition) is 2. The summed E-state index contributed by atoms with van der Waals surface area (Å²) in [5, 5.41) is 18.1. The number of nitrogens with zero attached hydrogens (tertiary/aromatic N) is 6. The summed E-state index contributed by atoms with van der Waals surface area (Å²) in [5.74, 6) is 3.22. The van der Waals surface area contributed by atoms with Crippen molar-refractivity contribution in [1.82, 2.24) is 4.57 Å². The molecule has 0 radical (unpaired) electrons. The van der Waals surface area contributed by atoms with Crippen molar-refractivity contribution in [3.8, 4) is 67.4 Å². The fourth-order valence-corrected chi connectivity index (χ4v) is 27.0. The smallest absolute Gasteiger partial charge is 0.220 e. The summed E-state index contributed by atoms with van der Waals surface area (Å²) < 4.78 is 80.8. The van der Waals surface area contributed by atoms with Gasteiger partial charge < -0.3 is 8.98 Å². The standard InChI is InChI=1S/C32H35N2.C32H34N.C25H26NO.C25H26NS.C23H26N/c1-20(2)34-30-13-9-8-12-27(30)29-16-21(3)28(19-31(29)34)32-26-15-14-24(23-10-6-7-11-23)18-25(26)17-22(4)33(32)5;1-20-16-28-26-12-8-9-13-29(26)32(3,4)30(28)19-27(20)31-25-15-14-23(22-10-6-7-11-22)18-24(25)17-21(2)33(31)5;2*1-16-12-20-10-11-27-24(20)15-23(16)25-22-9-8-19(18-6-4-5-7-18)14-21(22)13-17(2)26(25)3;1-16-7-6-10-21(17(16)2)23-22-12-11-19(18-8-4-5-9-18)15-20(22)13-14-24(23)3/h8-9,12-20,23H,6-7,10-11H2,1-5H3;8-9,12-19,22H,6-7,10-11H2,1-5H3;2*8-15,18H,4-7H2,1-3H3;6-7,10-15,18H,4-5,8-9H2,1-3H3/q5*+1/i2*17D;2*13D;6D,13D,14D. The van der Waals surface area contributed by atoms with Crippen molar-refractivity contribution in [2.45, 2.75) is 266 Å². The summed E-state index contributed by atoms with van der Waals surface area (Å²) in [6.07, 6.45) is 27.9. The molecule has 732 valence electrons. The number of aryl methyl sites for hydroxylation is 5. The van der Waals surface area contributed by atoms with Gasteiger partial charge in [-0.05, 0) is 367 Å². The third-order valence-electron chi connectivity index (χ3n) is 34.8. The molecule has 6 aliphatic rings. The van der Waals surface area contributed by atoms with Crippen LogP contribution < -0.4 is 22.8 Å². The second-order valence-corrected chi connectivity index (χ2v) is 45.5. The Morgan fingerprint density at radius 2 is 0.738 bits per heavy atom. The lowest BCUT2D eigenvalue weighted by Gasteiger charge is -2.22. The molecule has 7 nitrogen and oxygen atoms in total. The fraction of sp³-hybridized carbons (Fsp3) is 0.336. The number of para-hydroxylation sites is 1. The second kappa shape index (κ2) is 39.7. The van der Waals surface area contributed by atoms with E-state index in [-0.39, 0.29) is 17.6 Å². The average molecular weight is 1930 g/mol. The zero-order chi connectivity index (χ0) is 106. The first-order valence-corrected chi connectivity index (χ1v) is 55.0. The summed E-state index contributed by atoms with van der Waals surface area (Å²) in [6.45, 7) is 30.5. The van der Waals surface area contributed by atoms with Crippen molar-refractivity contribution in [2.24, 2.45) is 35.2 Å². The first-order valence-electron chi connectivity index (χ1n) is 57.6. The highest BCUT2D eigenvalue weighted by Gasteiger charge is 2.38. The molecule has 0 aliphatic heterocycles. The van der Waals surface area contributed by atoms with Crippen molar-refractivity contribution in [1.29, 1.82) is 0 Å². The molecule has 20 aromatic rings. The zero-order valence-electron chi connectivity index (χ0n) is 96.0. The molecule has 8 aromatic heterocycles. The minimum absolute atomic E-state index is 0.0250. The number of fused-ring (bicyclic) bond motifs is 13. The Labute approximate surface area is 874 Å². The van der Waals surface area contributed by atoms with E-state index in [1.54, 1.807) is 22.2 Å². The van der Waals surface area contributed by atoms with Gasteiger partial charge in [-0.1, -0.05) is 199 Å². The van der Waals surface area contributed by atoms with Gasteiger partial charge in [-0.2, -0.15) is 18.3 Å². The molecule has 0 N–H and O–H groups in total. The van der Waals surface area contributed by atoms with Crippen LogP contribution in [0.3, 0.4) is 0 Å². The van der Waals surface area contributed by atoms with Crippen LogP contribution in [-0.4, -0.2) is 4.57 Å². The van der Waals surface area contributed by atoms with E-state index in [0.29, 0.717) is 65.8 Å². The molecule has 0 saturated heterocycles. The number of rotatable bonds is 11. The maximum absolute atomic E-state index is 8.98. The van der Waals surface area contributed by atoms with Gasteiger partial charge in [-0.3, -0.25) is 0 Å². The highest BCUT2D eigenvalue weighted by Crippen LogP contribution is 2.53. The van der Waals surface area contributed by atoms with Crippen LogP contribution in [0.5, 0.6) is 0 Å². The molecule has 0 spiro atoms. The van der Waals surface area contributed by atoms with E-state index in [1.807, 2.05) is 39.1 Å². The van der Waals surface area contributed by atoms with Gasteiger partial charge >= 0.3 is 0 Å². The van der Waals surface area contributed by atoms with Crippen LogP contribution in [0.2, 0.25) is 0 Å². The number of furan rings is 1. The molecule has 26 rings (SSSR count). The zero-order valence-corrected chi connectivity index (χ0v) is 89.8. The summed E-state index contributed by atoms with van der Waals surface area (Å²) in [6, 6.07) is 81.9. The van der Waals surface area contributed by atoms with E-state index in [4.69, 9.17) is 14.0 Å². The quantitative estimate of drug-likeness (QED) is 0.119. The third kappa shape index (κ3) is 18.0. The van der Waals surface area contributed by atoms with Crippen LogP contribution in [0, 0.1) is 69.2 Å². The van der Waals surface area contributed by atoms with Crippen molar-refractivity contribution in [2.75, 3.05) is 0 Å². The monoisotopic (exact) mass is 1930 g/mol. The number of aromatic nitrogens is 6. The maximum Gasteiger partial charge on any atom is 0.220 e. The number of pyridine rings is 5. The van der Waals surface area contributed by atoms with E-state index in [1.165, 1.54) is 288 Å². The molecular weight excluding hydrogens is 1780 g/mol. The van der Waals surface area contributed by atoms with Gasteiger partial charge in [-0.15, -0.1) is 11.3 Å². The van der Waals surface area contributed by atoms with E-state index >= 15 is 0 Å². The lowest BCUT2D eigenvalue weighted by Crippen LogP contribution is -2.35. The van der Waals surface area contributed by atoms with Gasteiger partial charge in [0.15, 0.2) is 28.9 Å². The van der Waals surface area contributed by atoms with E-state index in [2.05, 4.69) is 334 Å². The van der Waals surface area contributed by atoms with Crippen LogP contribution in [0.15, 0.2) is 271 Å². The number of hydrogen-bond donors (Lipinski definition) is 0. The van der Waals surface area contributed by atoms with Crippen LogP contribution in [0.4, 0.5) is 0 Å². The van der Waals surface area contributed by atoms with Crippen LogP contribution in [0.1, 0.15) is 296 Å². The van der Waals surface area contributed by atoms with Gasteiger partial charge in [0.2, 0.25) is 28.5 Å². The van der Waals surface area contributed by atoms with Crippen molar-refractivity contribution in [3.63, 3.8) is 0 Å². The van der Waals surface area contributed by atoms with Crippen molar-refractivity contribution in [3.05, 3.63) is 361 Å². The first kappa shape index (κ1) is 88.5. The Kier molecular flexibility index (Phi) is 24.3. The highest BCUT2D eigenvalue weighted by molar-refractivity contribution is 7.17. The average Bonchev–Trinajstić information content (AvgIpc) is 1.55. The first-order chi connectivity index (χ1) is 73.1. The molecule has 5 fully saturated rings. The molecule has 6 aliphatic carbocycles. The van der Waals surface area contributed by atoms with Gasteiger partial charge in [0, 0.05) is 101 Å². The Hall–Kier alpha value is -13.0. The van der Waals surface area contributed by atoms with Crippen LogP contribution >= 0.6 is 11.3 Å². The number of thiophene rings is 1. The maximum atomic E-state index is 8.98. The topological polar surface area (TPSA) is 37.5 Å². The summed E-state index contributed by atoms with van der Waals surface area (Å²) >= 11 is 1.80. The van der Waals surface area contributed by atoms with Crippen molar-refractivity contribution >= 4 is 108 Å². The molecule has 0 unspecified atom stereocenters. The normalized spacial score (nSPS) is 16.2. The minimum atomic E-state index is -0.0250. The molecule has 5 saturated carbocycles.